The highest BCUT2D eigenvalue weighted by Crippen LogP contribution is 2.51. The first-order valence-corrected chi connectivity index (χ1v) is 20.5. The zero-order chi connectivity index (χ0) is 39.9. The van der Waals surface area contributed by atoms with Gasteiger partial charge in [0.1, 0.15) is 39.6 Å². The number of hydrogen-bond acceptors (Lipinski definition) is 11. The number of likely N-dealkylation sites (tertiary alicyclic amines) is 1. The molecule has 0 bridgehead atoms. The summed E-state index contributed by atoms with van der Waals surface area (Å²) in [4.78, 5) is 18.7. The second kappa shape index (κ2) is 16.1. The number of methoxy groups -OCH3 is 1. The highest BCUT2D eigenvalue weighted by atomic mass is 19.1. The van der Waals surface area contributed by atoms with E-state index in [4.69, 9.17) is 35.3 Å². The number of phenolic OH excluding ortho intramolecular Hbond substituents is 1. The quantitative estimate of drug-likeness (QED) is 0.177. The summed E-state index contributed by atoms with van der Waals surface area (Å²) in [6.45, 7) is 8.60. The number of rotatable bonds is 8. The predicted octanol–water partition coefficient (Wildman–Crippen LogP) is 7.16. The van der Waals surface area contributed by atoms with Crippen molar-refractivity contribution in [1.82, 2.24) is 19.9 Å². The Kier molecular flexibility index (Phi) is 11.2. The smallest absolute Gasteiger partial charge is 0.319 e. The number of aliphatic hydroxyl groups excluding tert-OH is 1. The molecule has 4 aromatic rings. The number of hydrogen-bond donors (Lipinski definition) is 2. The summed E-state index contributed by atoms with van der Waals surface area (Å²) in [5.41, 5.74) is -0.597. The van der Waals surface area contributed by atoms with Gasteiger partial charge in [0.15, 0.2) is 5.82 Å². The fourth-order valence-corrected chi connectivity index (χ4v) is 9.77. The number of β-amino-alcohol motifs (C(OH)–C–C–N with tert-alkyl or cyclic N) is 1. The molecule has 1 aliphatic carbocycles. The molecule has 0 radical (unpaired) electrons. The molecule has 1 saturated carbocycles. The molecule has 0 amide bonds. The Hall–Kier alpha value is -4.35. The fraction of sp³-hybridized carbons (Fsp3) is 0.568. The van der Waals surface area contributed by atoms with Gasteiger partial charge in [-0.2, -0.15) is 9.97 Å². The number of aromatic nitrogens is 3. The van der Waals surface area contributed by atoms with E-state index in [-0.39, 0.29) is 68.3 Å². The molecular formula is C44H53F2N5O6. The van der Waals surface area contributed by atoms with Crippen molar-refractivity contribution >= 4 is 27.5 Å². The first-order chi connectivity index (χ1) is 27.6. The Morgan fingerprint density at radius 2 is 1.82 bits per heavy atom. The number of halogens is 2. The van der Waals surface area contributed by atoms with Gasteiger partial charge in [-0.25, -0.2) is 13.8 Å². The van der Waals surface area contributed by atoms with Crippen LogP contribution in [-0.4, -0.2) is 107 Å². The van der Waals surface area contributed by atoms with Crippen molar-refractivity contribution < 1.29 is 37.9 Å². The van der Waals surface area contributed by atoms with E-state index >= 15 is 8.78 Å². The van der Waals surface area contributed by atoms with Crippen molar-refractivity contribution in [1.29, 1.82) is 0 Å². The molecule has 9 rings (SSSR count). The molecule has 13 heteroatoms. The number of aliphatic hydroxyl groups is 1. The molecule has 4 saturated heterocycles. The Morgan fingerprint density at radius 1 is 1.02 bits per heavy atom. The van der Waals surface area contributed by atoms with Gasteiger partial charge in [0.25, 0.3) is 0 Å². The summed E-state index contributed by atoms with van der Waals surface area (Å²) in [6, 6.07) is 6.08. The molecule has 11 nitrogen and oxygen atoms in total. The molecule has 57 heavy (non-hydrogen) atoms. The van der Waals surface area contributed by atoms with Gasteiger partial charge in [0.05, 0.1) is 45.2 Å². The van der Waals surface area contributed by atoms with Crippen LogP contribution in [0.3, 0.4) is 0 Å². The van der Waals surface area contributed by atoms with Crippen molar-refractivity contribution in [3.63, 3.8) is 0 Å². The van der Waals surface area contributed by atoms with Crippen LogP contribution >= 0.6 is 0 Å². The largest absolute Gasteiger partial charge is 0.508 e. The lowest BCUT2D eigenvalue weighted by molar-refractivity contribution is -0.184. The number of aromatic hydroxyl groups is 1. The lowest BCUT2D eigenvalue weighted by atomic mass is 9.74. The van der Waals surface area contributed by atoms with Crippen LogP contribution in [0.2, 0.25) is 0 Å². The molecule has 304 valence electrons. The van der Waals surface area contributed by atoms with Crippen molar-refractivity contribution in [2.24, 2.45) is 5.41 Å². The molecule has 4 aliphatic heterocycles. The number of benzene rings is 2. The summed E-state index contributed by atoms with van der Waals surface area (Å²) in [5, 5.41) is 22.2. The maximum Gasteiger partial charge on any atom is 0.319 e. The number of unbranched alkanes of at least 4 members (excludes halogenated alkanes) is 1. The summed E-state index contributed by atoms with van der Waals surface area (Å²) >= 11 is 0. The number of ether oxygens (including phenoxy) is 4. The van der Waals surface area contributed by atoms with Gasteiger partial charge < -0.3 is 34.1 Å². The highest BCUT2D eigenvalue weighted by Gasteiger charge is 2.54. The molecule has 6 heterocycles. The minimum atomic E-state index is -0.832. The van der Waals surface area contributed by atoms with Crippen molar-refractivity contribution in [2.45, 2.75) is 102 Å². The Labute approximate surface area is 332 Å². The third-order valence-corrected chi connectivity index (χ3v) is 12.8. The van der Waals surface area contributed by atoms with Crippen molar-refractivity contribution in [3.05, 3.63) is 41.5 Å². The summed E-state index contributed by atoms with van der Waals surface area (Å²) < 4.78 is 56.4. The van der Waals surface area contributed by atoms with Gasteiger partial charge in [-0.05, 0) is 75.1 Å². The van der Waals surface area contributed by atoms with E-state index in [9.17, 15) is 10.2 Å². The number of piperidine rings is 2. The van der Waals surface area contributed by atoms with E-state index in [1.165, 1.54) is 44.2 Å². The third kappa shape index (κ3) is 7.24. The van der Waals surface area contributed by atoms with Gasteiger partial charge in [-0.3, -0.25) is 4.90 Å². The van der Waals surface area contributed by atoms with Crippen molar-refractivity contribution in [2.75, 3.05) is 58.1 Å². The fourth-order valence-electron chi connectivity index (χ4n) is 9.77. The van der Waals surface area contributed by atoms with E-state index in [0.29, 0.717) is 69.1 Å². The second-order valence-corrected chi connectivity index (χ2v) is 16.5. The molecule has 2 aromatic carbocycles. The van der Waals surface area contributed by atoms with E-state index in [0.717, 1.165) is 45.1 Å². The van der Waals surface area contributed by atoms with Gasteiger partial charge in [0, 0.05) is 41.5 Å². The number of pyridine rings is 1. The van der Waals surface area contributed by atoms with Crippen LogP contribution in [0.5, 0.6) is 17.6 Å². The summed E-state index contributed by atoms with van der Waals surface area (Å²) in [7, 11) is 1.42. The molecule has 5 fully saturated rings. The zero-order valence-corrected chi connectivity index (χ0v) is 33.2. The third-order valence-electron chi connectivity index (χ3n) is 12.8. The zero-order valence-electron chi connectivity index (χ0n) is 33.2. The molecule has 2 aromatic heterocycles. The number of nitrogens with zero attached hydrogens (tertiary/aromatic N) is 5. The SMILES string of the molecule is C#Cc1c(F)ccc2cc(O)cc(-c3nc(OC)c4c(N5CCCC(O)C5)nc(OCC56CCCC5N(C5COC7(COC7)C5)CCC6)nc4c3F)c12.CCCC. The van der Waals surface area contributed by atoms with E-state index < -0.39 is 17.7 Å². The maximum absolute atomic E-state index is 17.2. The normalized spacial score (nSPS) is 25.5. The maximum atomic E-state index is 17.2. The van der Waals surface area contributed by atoms with Gasteiger partial charge in [-0.1, -0.05) is 45.1 Å². The first-order valence-electron chi connectivity index (χ1n) is 20.5. The van der Waals surface area contributed by atoms with E-state index in [1.807, 2.05) is 4.90 Å². The molecule has 5 aliphatic rings. The van der Waals surface area contributed by atoms with Crippen LogP contribution < -0.4 is 14.4 Å². The van der Waals surface area contributed by atoms with Crippen LogP contribution in [0.4, 0.5) is 14.6 Å². The van der Waals surface area contributed by atoms with Crippen LogP contribution in [-0.2, 0) is 9.47 Å². The van der Waals surface area contributed by atoms with Crippen LogP contribution in [0.15, 0.2) is 24.3 Å². The lowest BCUT2D eigenvalue weighted by Crippen LogP contribution is -2.56. The second-order valence-electron chi connectivity index (χ2n) is 16.5. The van der Waals surface area contributed by atoms with E-state index in [2.05, 4.69) is 29.7 Å². The summed E-state index contributed by atoms with van der Waals surface area (Å²) in [6.07, 6.45) is 15.3. The number of terminal acetylenes is 1. The molecular weight excluding hydrogens is 733 g/mol. The standard InChI is InChI=1S/C40H43F2N5O6.C4H10/c1-3-27-29(41)10-9-23-15-26(49)16-28(31(23)27)34-33(42)35-32(37(43-34)50-2)36(46-13-5-7-25(48)18-46)45-38(44-35)52-20-39-11-4-8-30(39)47(14-6-12-39)24-17-40(53-19-24)21-51-22-40;1-3-4-2/h1,9-10,15-16,24-25,30,48-49H,4-8,11-14,17-22H2,2H3;3-4H2,1-2H3. The van der Waals surface area contributed by atoms with Crippen molar-refractivity contribution in [3.8, 4) is 41.2 Å². The van der Waals surface area contributed by atoms with E-state index in [1.54, 1.807) is 0 Å². The minimum Gasteiger partial charge on any atom is -0.508 e. The Morgan fingerprint density at radius 3 is 2.53 bits per heavy atom. The van der Waals surface area contributed by atoms with Gasteiger partial charge in [0.2, 0.25) is 5.88 Å². The topological polar surface area (TPSA) is 123 Å². The average molecular weight is 786 g/mol. The van der Waals surface area contributed by atoms with Crippen LogP contribution in [0.25, 0.3) is 32.9 Å². The van der Waals surface area contributed by atoms with Gasteiger partial charge in [-0.15, -0.1) is 6.42 Å². The molecule has 1 spiro atoms. The number of phenols is 1. The molecule has 4 unspecified atom stereocenters. The highest BCUT2D eigenvalue weighted by molar-refractivity contribution is 6.04. The monoisotopic (exact) mass is 785 g/mol. The molecule has 4 atom stereocenters. The number of anilines is 1. The Balaban J connectivity index is 0.00000109. The Bertz CT molecular complexity index is 2180. The number of fused-ring (bicyclic) bond motifs is 3. The first kappa shape index (κ1) is 39.5. The van der Waals surface area contributed by atoms with Gasteiger partial charge >= 0.3 is 6.01 Å². The van der Waals surface area contributed by atoms with Crippen LogP contribution in [0.1, 0.15) is 83.6 Å². The summed E-state index contributed by atoms with van der Waals surface area (Å²) in [5.74, 6) is 1.09. The lowest BCUT2D eigenvalue weighted by Gasteiger charge is -2.48. The van der Waals surface area contributed by atoms with Crippen LogP contribution in [0, 0.1) is 29.4 Å². The minimum absolute atomic E-state index is 0.00806. The average Bonchev–Trinajstić information content (AvgIpc) is 3.87. The predicted molar refractivity (Wildman–Crippen MR) is 214 cm³/mol. The molecule has 2 N–H and O–H groups in total.